The third-order valence-electron chi connectivity index (χ3n) is 3.60. The van der Waals surface area contributed by atoms with E-state index in [-0.39, 0.29) is 11.7 Å². The lowest BCUT2D eigenvalue weighted by molar-refractivity contribution is -0.119. The number of thioether (sulfide) groups is 1. The highest BCUT2D eigenvalue weighted by atomic mass is 32.2. The zero-order valence-electron chi connectivity index (χ0n) is 15.8. The Labute approximate surface area is 162 Å². The van der Waals surface area contributed by atoms with Gasteiger partial charge in [0.2, 0.25) is 5.91 Å². The van der Waals surface area contributed by atoms with E-state index >= 15 is 0 Å². The van der Waals surface area contributed by atoms with Gasteiger partial charge in [-0.15, -0.1) is 10.2 Å². The van der Waals surface area contributed by atoms with Crippen LogP contribution in [0.5, 0.6) is 0 Å². The van der Waals surface area contributed by atoms with Crippen LogP contribution in [0.1, 0.15) is 27.7 Å². The first-order valence-electron chi connectivity index (χ1n) is 8.76. The van der Waals surface area contributed by atoms with E-state index < -0.39 is 17.2 Å². The van der Waals surface area contributed by atoms with E-state index in [9.17, 15) is 14.0 Å². The summed E-state index contributed by atoms with van der Waals surface area (Å²) in [5, 5.41) is 13.0. The normalized spacial score (nSPS) is 12.1. The Hall–Kier alpha value is -2.42. The van der Waals surface area contributed by atoms with Gasteiger partial charge in [0.05, 0.1) is 10.8 Å². The molecule has 1 heterocycles. The molecule has 146 valence electrons. The quantitative estimate of drug-likeness (QED) is 0.706. The smallest absolute Gasteiger partial charge is 0.321 e. The van der Waals surface area contributed by atoms with Crippen LogP contribution >= 0.6 is 11.8 Å². The van der Waals surface area contributed by atoms with Gasteiger partial charge in [0, 0.05) is 13.1 Å². The first kappa shape index (κ1) is 20.9. The summed E-state index contributed by atoms with van der Waals surface area (Å²) >= 11 is 1.18. The molecule has 0 radical (unpaired) electrons. The van der Waals surface area contributed by atoms with Crippen LogP contribution < -0.4 is 10.6 Å². The number of halogens is 1. The van der Waals surface area contributed by atoms with Crippen LogP contribution in [0.4, 0.5) is 9.18 Å². The molecule has 2 aromatic rings. The van der Waals surface area contributed by atoms with Crippen LogP contribution in [-0.4, -0.2) is 38.5 Å². The molecular weight excluding hydrogens is 369 g/mol. The Morgan fingerprint density at radius 1 is 1.22 bits per heavy atom. The number of nitrogens with one attached hydrogen (secondary N) is 2. The number of imide groups is 1. The predicted octanol–water partition coefficient (Wildman–Crippen LogP) is 3.07. The first-order valence-corrected chi connectivity index (χ1v) is 9.64. The van der Waals surface area contributed by atoms with Crippen molar-refractivity contribution in [1.29, 1.82) is 0 Å². The van der Waals surface area contributed by atoms with Gasteiger partial charge in [-0.3, -0.25) is 10.1 Å². The molecule has 0 aliphatic heterocycles. The topological polar surface area (TPSA) is 88.9 Å². The molecule has 3 amide bonds. The van der Waals surface area contributed by atoms with Gasteiger partial charge in [-0.05, 0) is 31.9 Å². The molecule has 0 spiro atoms. The number of hydrogen-bond acceptors (Lipinski definition) is 5. The zero-order valence-corrected chi connectivity index (χ0v) is 16.6. The van der Waals surface area contributed by atoms with E-state index in [0.29, 0.717) is 29.6 Å². The Bertz CT molecular complexity index is 809. The molecule has 1 atom stereocenters. The van der Waals surface area contributed by atoms with Crippen molar-refractivity contribution in [2.24, 2.45) is 5.92 Å². The third-order valence-corrected chi connectivity index (χ3v) is 4.69. The maximum Gasteiger partial charge on any atom is 0.321 e. The van der Waals surface area contributed by atoms with Crippen molar-refractivity contribution >= 4 is 23.7 Å². The van der Waals surface area contributed by atoms with E-state index in [2.05, 4.69) is 20.8 Å². The molecule has 7 nitrogen and oxygen atoms in total. The largest absolute Gasteiger partial charge is 0.338 e. The van der Waals surface area contributed by atoms with Gasteiger partial charge in [0.15, 0.2) is 11.0 Å². The Balaban J connectivity index is 2.25. The highest BCUT2D eigenvalue weighted by molar-refractivity contribution is 8.00. The molecule has 0 aliphatic carbocycles. The van der Waals surface area contributed by atoms with Gasteiger partial charge in [0.25, 0.3) is 0 Å². The first-order chi connectivity index (χ1) is 12.8. The fourth-order valence-electron chi connectivity index (χ4n) is 2.38. The van der Waals surface area contributed by atoms with Crippen LogP contribution in [0, 0.1) is 11.7 Å². The SMILES string of the molecule is CCNC(=O)NC(=O)[C@H](C)Sc1nnc(-c2ccccc2F)n1CC(C)C. The summed E-state index contributed by atoms with van der Waals surface area (Å²) in [6.45, 7) is 8.51. The third kappa shape index (κ3) is 5.53. The maximum absolute atomic E-state index is 14.2. The molecule has 1 aromatic carbocycles. The summed E-state index contributed by atoms with van der Waals surface area (Å²) in [5.74, 6) is -0.128. The Morgan fingerprint density at radius 3 is 2.56 bits per heavy atom. The van der Waals surface area contributed by atoms with Crippen molar-refractivity contribution in [1.82, 2.24) is 25.4 Å². The summed E-state index contributed by atoms with van der Waals surface area (Å²) < 4.78 is 16.0. The van der Waals surface area contributed by atoms with E-state index in [4.69, 9.17) is 0 Å². The fourth-order valence-corrected chi connectivity index (χ4v) is 3.24. The van der Waals surface area contributed by atoms with Gasteiger partial charge >= 0.3 is 6.03 Å². The van der Waals surface area contributed by atoms with Crippen LogP contribution in [0.2, 0.25) is 0 Å². The lowest BCUT2D eigenvalue weighted by Crippen LogP contribution is -2.42. The van der Waals surface area contributed by atoms with Crippen LogP contribution in [0.25, 0.3) is 11.4 Å². The van der Waals surface area contributed by atoms with Crippen LogP contribution in [0.15, 0.2) is 29.4 Å². The molecular formula is C18H24FN5O2S. The van der Waals surface area contributed by atoms with Gasteiger partial charge in [-0.2, -0.15) is 0 Å². The molecule has 0 aliphatic rings. The zero-order chi connectivity index (χ0) is 20.0. The number of benzene rings is 1. The van der Waals surface area contributed by atoms with Crippen molar-refractivity contribution in [2.75, 3.05) is 6.54 Å². The monoisotopic (exact) mass is 393 g/mol. The number of carbonyl (C=O) groups excluding carboxylic acids is 2. The predicted molar refractivity (Wildman–Crippen MR) is 103 cm³/mol. The molecule has 0 fully saturated rings. The summed E-state index contributed by atoms with van der Waals surface area (Å²) in [6.07, 6.45) is 0. The second-order valence-electron chi connectivity index (χ2n) is 6.40. The minimum atomic E-state index is -0.573. The molecule has 1 aromatic heterocycles. The summed E-state index contributed by atoms with van der Waals surface area (Å²) in [6, 6.07) is 5.84. The van der Waals surface area contributed by atoms with Crippen molar-refractivity contribution < 1.29 is 14.0 Å². The van der Waals surface area contributed by atoms with Gasteiger partial charge < -0.3 is 9.88 Å². The van der Waals surface area contributed by atoms with Crippen molar-refractivity contribution in [3.05, 3.63) is 30.1 Å². The summed E-state index contributed by atoms with van der Waals surface area (Å²) in [4.78, 5) is 23.7. The van der Waals surface area contributed by atoms with E-state index in [0.717, 1.165) is 0 Å². The molecule has 27 heavy (non-hydrogen) atoms. The minimum Gasteiger partial charge on any atom is -0.338 e. The molecule has 0 bridgehead atoms. The second-order valence-corrected chi connectivity index (χ2v) is 7.71. The van der Waals surface area contributed by atoms with Crippen molar-refractivity contribution in [3.63, 3.8) is 0 Å². The number of amides is 3. The van der Waals surface area contributed by atoms with Crippen LogP contribution in [0.3, 0.4) is 0 Å². The van der Waals surface area contributed by atoms with Gasteiger partial charge in [-0.1, -0.05) is 37.7 Å². The van der Waals surface area contributed by atoms with E-state index in [1.165, 1.54) is 17.8 Å². The fraction of sp³-hybridized carbons (Fsp3) is 0.444. The van der Waals surface area contributed by atoms with E-state index in [1.54, 1.807) is 32.0 Å². The number of carbonyl (C=O) groups is 2. The Kier molecular flexibility index (Phi) is 7.35. The number of nitrogens with zero attached hydrogens (tertiary/aromatic N) is 3. The molecule has 2 rings (SSSR count). The standard InChI is InChI=1S/C18H24FN5O2S/c1-5-20-17(26)21-16(25)12(4)27-18-23-22-15(24(18)10-11(2)3)13-8-6-7-9-14(13)19/h6-9,11-12H,5,10H2,1-4H3,(H2,20,21,25,26)/t12-/m0/s1. The van der Waals surface area contributed by atoms with E-state index in [1.807, 2.05) is 18.4 Å². The summed E-state index contributed by atoms with van der Waals surface area (Å²) in [7, 11) is 0. The lowest BCUT2D eigenvalue weighted by atomic mass is 10.2. The molecule has 0 unspecified atom stereocenters. The van der Waals surface area contributed by atoms with Crippen LogP contribution in [-0.2, 0) is 11.3 Å². The van der Waals surface area contributed by atoms with Crippen molar-refractivity contribution in [2.45, 2.75) is 44.6 Å². The number of rotatable bonds is 7. The van der Waals surface area contributed by atoms with Gasteiger partial charge in [-0.25, -0.2) is 9.18 Å². The number of hydrogen-bond donors (Lipinski definition) is 2. The Morgan fingerprint density at radius 2 is 1.93 bits per heavy atom. The highest BCUT2D eigenvalue weighted by Gasteiger charge is 2.23. The summed E-state index contributed by atoms with van der Waals surface area (Å²) in [5.41, 5.74) is 0.358. The number of urea groups is 1. The molecule has 9 heteroatoms. The average Bonchev–Trinajstić information content (AvgIpc) is 2.97. The molecule has 0 saturated heterocycles. The average molecular weight is 393 g/mol. The molecule has 2 N–H and O–H groups in total. The second kappa shape index (κ2) is 9.50. The maximum atomic E-state index is 14.2. The minimum absolute atomic E-state index is 0.269. The van der Waals surface area contributed by atoms with Gasteiger partial charge in [0.1, 0.15) is 5.82 Å². The number of aromatic nitrogens is 3. The molecule has 0 saturated carbocycles. The lowest BCUT2D eigenvalue weighted by Gasteiger charge is -2.15. The highest BCUT2D eigenvalue weighted by Crippen LogP contribution is 2.29. The van der Waals surface area contributed by atoms with Crippen molar-refractivity contribution in [3.8, 4) is 11.4 Å².